The molecule has 2 aromatic rings. The highest BCUT2D eigenvalue weighted by Crippen LogP contribution is 2.33. The highest BCUT2D eigenvalue weighted by Gasteiger charge is 2.36. The molecule has 0 spiro atoms. The lowest BCUT2D eigenvalue weighted by Crippen LogP contribution is -2.41. The van der Waals surface area contributed by atoms with E-state index >= 15 is 0 Å². The van der Waals surface area contributed by atoms with Gasteiger partial charge in [0, 0.05) is 27.5 Å². The molecule has 5 heteroatoms. The Morgan fingerprint density at radius 3 is 2.52 bits per heavy atom. The fraction of sp³-hybridized carbons (Fsp3) is 0.111. The van der Waals surface area contributed by atoms with E-state index in [1.165, 1.54) is 4.90 Å². The van der Waals surface area contributed by atoms with E-state index in [1.54, 1.807) is 43.3 Å². The number of carbonyl (C=O) groups is 2. The number of nitrogens with one attached hydrogen (secondary N) is 1. The molecule has 0 saturated heterocycles. The van der Waals surface area contributed by atoms with Crippen molar-refractivity contribution in [3.63, 3.8) is 0 Å². The number of fused-ring (bicyclic) bond motifs is 1. The van der Waals surface area contributed by atoms with Crippen molar-refractivity contribution in [1.82, 2.24) is 4.90 Å². The number of benzene rings is 2. The van der Waals surface area contributed by atoms with Gasteiger partial charge in [0.2, 0.25) is 5.91 Å². The molecule has 116 valence electrons. The fourth-order valence-electron chi connectivity index (χ4n) is 2.64. The molecule has 0 aliphatic carbocycles. The van der Waals surface area contributed by atoms with E-state index in [0.717, 1.165) is 5.56 Å². The number of halogens is 1. The van der Waals surface area contributed by atoms with Gasteiger partial charge < -0.3 is 5.32 Å². The molecule has 1 aliphatic heterocycles. The summed E-state index contributed by atoms with van der Waals surface area (Å²) in [5, 5.41) is 3.30. The number of nitrogens with zero attached hydrogens (tertiary/aromatic N) is 1. The zero-order valence-electron chi connectivity index (χ0n) is 12.5. The third kappa shape index (κ3) is 2.73. The van der Waals surface area contributed by atoms with Crippen LogP contribution in [0.5, 0.6) is 0 Å². The van der Waals surface area contributed by atoms with E-state index in [1.807, 2.05) is 12.1 Å². The summed E-state index contributed by atoms with van der Waals surface area (Å²) in [5.74, 6) is -0.506. The minimum atomic E-state index is -0.679. The third-order valence-corrected chi connectivity index (χ3v) is 4.07. The Kier molecular flexibility index (Phi) is 3.92. The van der Waals surface area contributed by atoms with Crippen LogP contribution in [0, 0.1) is 0 Å². The molecule has 0 bridgehead atoms. The van der Waals surface area contributed by atoms with Gasteiger partial charge in [0.25, 0.3) is 5.91 Å². The predicted molar refractivity (Wildman–Crippen MR) is 91.2 cm³/mol. The third-order valence-electron chi connectivity index (χ3n) is 3.84. The molecule has 1 N–H and O–H groups in total. The number of anilines is 1. The number of hydrogen-bond acceptors (Lipinski definition) is 2. The van der Waals surface area contributed by atoms with Crippen LogP contribution in [-0.4, -0.2) is 22.8 Å². The Hall–Kier alpha value is -2.59. The molecule has 1 atom stereocenters. The van der Waals surface area contributed by atoms with E-state index in [0.29, 0.717) is 22.0 Å². The molecule has 0 radical (unpaired) electrons. The van der Waals surface area contributed by atoms with Crippen LogP contribution in [0.2, 0.25) is 5.02 Å². The fourth-order valence-corrected chi connectivity index (χ4v) is 2.83. The maximum absolute atomic E-state index is 12.5. The van der Waals surface area contributed by atoms with Gasteiger partial charge in [0.15, 0.2) is 0 Å². The lowest BCUT2D eigenvalue weighted by atomic mass is 10.1. The van der Waals surface area contributed by atoms with Gasteiger partial charge in [0.1, 0.15) is 6.04 Å². The first-order valence-corrected chi connectivity index (χ1v) is 7.55. The Labute approximate surface area is 139 Å². The van der Waals surface area contributed by atoms with Crippen LogP contribution in [0.3, 0.4) is 0 Å². The highest BCUT2D eigenvalue weighted by atomic mass is 35.5. The van der Waals surface area contributed by atoms with Crippen LogP contribution < -0.4 is 5.32 Å². The second-order valence-corrected chi connectivity index (χ2v) is 5.78. The normalized spacial score (nSPS) is 14.6. The second-order valence-electron chi connectivity index (χ2n) is 5.34. The monoisotopic (exact) mass is 326 g/mol. The van der Waals surface area contributed by atoms with Gasteiger partial charge in [-0.2, -0.15) is 0 Å². The van der Waals surface area contributed by atoms with Gasteiger partial charge >= 0.3 is 0 Å². The zero-order chi connectivity index (χ0) is 16.6. The minimum Gasteiger partial charge on any atom is -0.324 e. The first kappa shape index (κ1) is 15.3. The first-order valence-electron chi connectivity index (χ1n) is 7.17. The molecule has 0 fully saturated rings. The predicted octanol–water partition coefficient (Wildman–Crippen LogP) is 3.79. The van der Waals surface area contributed by atoms with Crippen molar-refractivity contribution in [2.24, 2.45) is 0 Å². The number of rotatable bonds is 3. The molecule has 1 aliphatic rings. The van der Waals surface area contributed by atoms with E-state index in [-0.39, 0.29) is 11.8 Å². The van der Waals surface area contributed by atoms with Crippen molar-refractivity contribution in [2.45, 2.75) is 13.0 Å². The molecule has 2 aromatic carbocycles. The molecule has 0 aromatic heterocycles. The largest absolute Gasteiger partial charge is 0.324 e. The number of amides is 2. The molecule has 1 heterocycles. The van der Waals surface area contributed by atoms with E-state index in [9.17, 15) is 9.59 Å². The summed E-state index contributed by atoms with van der Waals surface area (Å²) in [6.45, 7) is 5.63. The molecule has 0 unspecified atom stereocenters. The standard InChI is InChI=1S/C18H15ClN2O2/c1-11-15-8-3-4-9-16(15)18(23)21(11)12(2)17(22)20-14-7-5-6-13(19)10-14/h3-10,12H,1H2,2H3,(H,20,22)/t12-/m0/s1. The van der Waals surface area contributed by atoms with Gasteiger partial charge in [0.05, 0.1) is 0 Å². The van der Waals surface area contributed by atoms with Crippen LogP contribution in [-0.2, 0) is 4.79 Å². The Morgan fingerprint density at radius 2 is 1.87 bits per heavy atom. The molecule has 23 heavy (non-hydrogen) atoms. The molecular formula is C18H15ClN2O2. The summed E-state index contributed by atoms with van der Waals surface area (Å²) in [6, 6.07) is 13.4. The van der Waals surface area contributed by atoms with Crippen molar-refractivity contribution >= 4 is 34.8 Å². The summed E-state index contributed by atoms with van der Waals surface area (Å²) >= 11 is 5.91. The lowest BCUT2D eigenvalue weighted by molar-refractivity contribution is -0.119. The van der Waals surface area contributed by atoms with Gasteiger partial charge in [-0.25, -0.2) is 0 Å². The Bertz CT molecular complexity index is 781. The van der Waals surface area contributed by atoms with Crippen LogP contribution >= 0.6 is 11.6 Å². The van der Waals surface area contributed by atoms with Crippen molar-refractivity contribution in [1.29, 1.82) is 0 Å². The minimum absolute atomic E-state index is 0.209. The average Bonchev–Trinajstić information content (AvgIpc) is 2.79. The Balaban J connectivity index is 1.81. The molecule has 3 rings (SSSR count). The highest BCUT2D eigenvalue weighted by molar-refractivity contribution is 6.30. The maximum atomic E-state index is 12.5. The molecular weight excluding hydrogens is 312 g/mol. The smallest absolute Gasteiger partial charge is 0.259 e. The van der Waals surface area contributed by atoms with Gasteiger partial charge in [-0.1, -0.05) is 42.4 Å². The SMILES string of the molecule is C=C1c2ccccc2C(=O)N1[C@@H](C)C(=O)Nc1cccc(Cl)c1. The Morgan fingerprint density at radius 1 is 1.17 bits per heavy atom. The second kappa shape index (κ2) is 5.89. The van der Waals surface area contributed by atoms with Gasteiger partial charge in [-0.3, -0.25) is 14.5 Å². The lowest BCUT2D eigenvalue weighted by Gasteiger charge is -2.24. The summed E-state index contributed by atoms with van der Waals surface area (Å²) in [5.41, 5.74) is 2.46. The quantitative estimate of drug-likeness (QED) is 0.932. The van der Waals surface area contributed by atoms with Crippen molar-refractivity contribution < 1.29 is 9.59 Å². The van der Waals surface area contributed by atoms with Crippen molar-refractivity contribution in [3.05, 3.63) is 71.3 Å². The molecule has 2 amide bonds. The summed E-state index contributed by atoms with van der Waals surface area (Å²) < 4.78 is 0. The maximum Gasteiger partial charge on any atom is 0.259 e. The van der Waals surface area contributed by atoms with Gasteiger partial charge in [-0.05, 0) is 31.2 Å². The van der Waals surface area contributed by atoms with Crippen molar-refractivity contribution in [2.75, 3.05) is 5.32 Å². The van der Waals surface area contributed by atoms with Crippen LogP contribution in [0.4, 0.5) is 5.69 Å². The van der Waals surface area contributed by atoms with Crippen LogP contribution in [0.15, 0.2) is 55.1 Å². The van der Waals surface area contributed by atoms with E-state index < -0.39 is 6.04 Å². The van der Waals surface area contributed by atoms with E-state index in [4.69, 9.17) is 11.6 Å². The summed E-state index contributed by atoms with van der Waals surface area (Å²) in [4.78, 5) is 26.4. The van der Waals surface area contributed by atoms with E-state index in [2.05, 4.69) is 11.9 Å². The number of hydrogen-bond donors (Lipinski definition) is 1. The van der Waals surface area contributed by atoms with Crippen LogP contribution in [0.1, 0.15) is 22.8 Å². The van der Waals surface area contributed by atoms with Gasteiger partial charge in [-0.15, -0.1) is 0 Å². The summed E-state index contributed by atoms with van der Waals surface area (Å²) in [6.07, 6.45) is 0. The first-order chi connectivity index (χ1) is 11.0. The number of carbonyl (C=O) groups excluding carboxylic acids is 2. The van der Waals surface area contributed by atoms with Crippen molar-refractivity contribution in [3.8, 4) is 0 Å². The van der Waals surface area contributed by atoms with Crippen LogP contribution in [0.25, 0.3) is 5.70 Å². The zero-order valence-corrected chi connectivity index (χ0v) is 13.3. The average molecular weight is 327 g/mol. The molecule has 0 saturated carbocycles. The summed E-state index contributed by atoms with van der Waals surface area (Å²) in [7, 11) is 0. The molecule has 4 nitrogen and oxygen atoms in total. The topological polar surface area (TPSA) is 49.4 Å².